The molecule has 36 heavy (non-hydrogen) atoms. The molecule has 3 rings (SSSR count). The molecule has 0 aromatic heterocycles. The molecule has 1 aliphatic heterocycles. The average Bonchev–Trinajstić information content (AvgIpc) is 2.85. The van der Waals surface area contributed by atoms with Crippen LogP contribution in [0.15, 0.2) is 35.2 Å². The van der Waals surface area contributed by atoms with Crippen molar-refractivity contribution in [3.05, 3.63) is 46.4 Å². The Kier molecular flexibility index (Phi) is 9.97. The largest absolute Gasteiger partial charge is 0.545 e. The van der Waals surface area contributed by atoms with Crippen molar-refractivity contribution in [2.24, 2.45) is 0 Å². The Morgan fingerprint density at radius 2 is 1.64 bits per heavy atom. The lowest BCUT2D eigenvalue weighted by Gasteiger charge is -2.30. The van der Waals surface area contributed by atoms with Gasteiger partial charge in [0, 0.05) is 19.2 Å². The Morgan fingerprint density at radius 1 is 1.06 bits per heavy atom. The highest BCUT2D eigenvalue weighted by atomic mass is 32.2. The molecule has 0 saturated carbocycles. The zero-order valence-corrected chi connectivity index (χ0v) is 20.4. The van der Waals surface area contributed by atoms with Crippen molar-refractivity contribution in [1.29, 1.82) is 5.39 Å². The molecule has 13 nitrogen and oxygen atoms in total. The van der Waals surface area contributed by atoms with Crippen LogP contribution >= 0.6 is 0 Å². The van der Waals surface area contributed by atoms with Crippen molar-refractivity contribution in [2.75, 3.05) is 44.4 Å². The van der Waals surface area contributed by atoms with Gasteiger partial charge in [-0.25, -0.2) is 4.79 Å². The van der Waals surface area contributed by atoms with Crippen LogP contribution in [0, 0.1) is 5.39 Å². The molecule has 0 atom stereocenters. The molecular formula is C22H25N3O10S. The Balaban J connectivity index is 0.000000261. The number of ether oxygens (including phenoxy) is 3. The van der Waals surface area contributed by atoms with Crippen LogP contribution in [-0.2, 0) is 14.9 Å². The van der Waals surface area contributed by atoms with Crippen LogP contribution in [0.3, 0.4) is 0 Å². The predicted octanol–water partition coefficient (Wildman–Crippen LogP) is 1.80. The minimum Gasteiger partial charge on any atom is -0.545 e. The number of rotatable bonds is 8. The maximum atomic E-state index is 10.7. The first-order valence-electron chi connectivity index (χ1n) is 10.7. The monoisotopic (exact) mass is 523 g/mol. The van der Waals surface area contributed by atoms with Crippen molar-refractivity contribution in [3.63, 3.8) is 0 Å². The standard InChI is InChI=1S/C14H20N3O3.C8H6O7S/c1-3-19-13-10-12(17-5-7-18-8-6-17)14(20-4-2)9-11(13)16-15;9-7(10)4-1-5(8(11)12)3-6(2-4)16(13,14)15/h9-10H,3-8H2,1-2H3;1-3H,(H,9,10)(H,11,12)(H,13,14,15)/q+1;/p-1. The van der Waals surface area contributed by atoms with E-state index >= 15 is 0 Å². The van der Waals surface area contributed by atoms with Crippen LogP contribution in [0.5, 0.6) is 11.5 Å². The minimum atomic E-state index is -4.67. The van der Waals surface area contributed by atoms with E-state index in [0.29, 0.717) is 55.7 Å². The van der Waals surface area contributed by atoms with E-state index in [-0.39, 0.29) is 0 Å². The Bertz CT molecular complexity index is 1220. The summed E-state index contributed by atoms with van der Waals surface area (Å²) in [5.41, 5.74) is 0.111. The van der Waals surface area contributed by atoms with E-state index in [4.69, 9.17) is 29.3 Å². The molecule has 2 aromatic carbocycles. The van der Waals surface area contributed by atoms with Gasteiger partial charge in [-0.2, -0.15) is 8.42 Å². The smallest absolute Gasteiger partial charge is 0.430 e. The highest BCUT2D eigenvalue weighted by molar-refractivity contribution is 7.85. The number of hydrogen-bond donors (Lipinski definition) is 2. The van der Waals surface area contributed by atoms with Gasteiger partial charge in [-0.3, -0.25) is 4.55 Å². The molecule has 0 unspecified atom stereocenters. The predicted molar refractivity (Wildman–Crippen MR) is 124 cm³/mol. The zero-order valence-electron chi connectivity index (χ0n) is 19.5. The molecule has 1 aliphatic rings. The second kappa shape index (κ2) is 12.7. The number of morpholine rings is 1. The molecule has 0 aliphatic carbocycles. The number of carboxylic acid groups (broad SMARTS) is 2. The molecule has 1 fully saturated rings. The molecule has 2 aromatic rings. The van der Waals surface area contributed by atoms with Gasteiger partial charge in [0.15, 0.2) is 10.7 Å². The lowest BCUT2D eigenvalue weighted by Crippen LogP contribution is -2.36. The summed E-state index contributed by atoms with van der Waals surface area (Å²) in [4.78, 5) is 25.7. The Labute approximate surface area is 207 Å². The third-order valence-electron chi connectivity index (χ3n) is 4.79. The number of carboxylic acids is 2. The number of carbonyl (C=O) groups is 2. The van der Waals surface area contributed by atoms with Crippen LogP contribution in [0.2, 0.25) is 0 Å². The third kappa shape index (κ3) is 7.54. The minimum absolute atomic E-state index is 0.382. The maximum Gasteiger partial charge on any atom is 0.430 e. The molecule has 0 radical (unpaired) electrons. The van der Waals surface area contributed by atoms with Crippen LogP contribution < -0.4 is 19.5 Å². The van der Waals surface area contributed by atoms with Crippen molar-refractivity contribution in [1.82, 2.24) is 0 Å². The molecule has 2 N–H and O–H groups in total. The highest BCUT2D eigenvalue weighted by Gasteiger charge is 2.24. The average molecular weight is 524 g/mol. The first kappa shape index (κ1) is 28.3. The van der Waals surface area contributed by atoms with E-state index in [1.807, 2.05) is 19.9 Å². The summed E-state index contributed by atoms with van der Waals surface area (Å²) in [7, 11) is -4.67. The summed E-state index contributed by atoms with van der Waals surface area (Å²) < 4.78 is 46.7. The summed E-state index contributed by atoms with van der Waals surface area (Å²) in [5, 5.41) is 28.2. The SMILES string of the molecule is CCOc1cc(N2CCOCC2)c(OCC)cc1[N+]#N.O=C([O-])c1cc(C(=O)O)cc(S(=O)(=O)O)c1. The maximum absolute atomic E-state index is 10.7. The van der Waals surface area contributed by atoms with Gasteiger partial charge in [0.2, 0.25) is 11.1 Å². The number of carbonyl (C=O) groups excluding carboxylic acids is 1. The van der Waals surface area contributed by atoms with Crippen molar-refractivity contribution >= 4 is 33.4 Å². The number of hydrogen-bond acceptors (Lipinski definition) is 10. The summed E-state index contributed by atoms with van der Waals surface area (Å²) in [6.07, 6.45) is 0. The second-order valence-electron chi connectivity index (χ2n) is 7.17. The fraction of sp³-hybridized carbons (Fsp3) is 0.364. The lowest BCUT2D eigenvalue weighted by atomic mass is 10.1. The van der Waals surface area contributed by atoms with Crippen molar-refractivity contribution in [3.8, 4) is 11.5 Å². The fourth-order valence-electron chi connectivity index (χ4n) is 3.20. The highest BCUT2D eigenvalue weighted by Crippen LogP contribution is 2.40. The van der Waals surface area contributed by atoms with Crippen molar-refractivity contribution < 1.29 is 47.0 Å². The third-order valence-corrected chi connectivity index (χ3v) is 5.62. The van der Waals surface area contributed by atoms with Gasteiger partial charge in [0.25, 0.3) is 10.1 Å². The normalized spacial score (nSPS) is 13.1. The number of nitrogens with zero attached hydrogens (tertiary/aromatic N) is 3. The first-order valence-corrected chi connectivity index (χ1v) is 12.1. The number of anilines is 1. The van der Waals surface area contributed by atoms with Crippen LogP contribution in [0.4, 0.5) is 11.4 Å². The molecule has 0 spiro atoms. The van der Waals surface area contributed by atoms with E-state index in [9.17, 15) is 23.1 Å². The summed E-state index contributed by atoms with van der Waals surface area (Å²) in [6, 6.07) is 5.56. The zero-order chi connectivity index (χ0) is 26.9. The molecule has 1 saturated heterocycles. The molecular weight excluding hydrogens is 498 g/mol. The topological polar surface area (TPSA) is 191 Å². The van der Waals surface area contributed by atoms with E-state index in [1.54, 1.807) is 6.07 Å². The quantitative estimate of drug-likeness (QED) is 0.377. The number of diazo groups is 1. The molecule has 0 bridgehead atoms. The Hall–Kier alpha value is -3.93. The van der Waals surface area contributed by atoms with Crippen LogP contribution in [0.25, 0.3) is 4.98 Å². The van der Waals surface area contributed by atoms with E-state index < -0.39 is 38.1 Å². The van der Waals surface area contributed by atoms with Gasteiger partial charge in [-0.1, -0.05) is 0 Å². The van der Waals surface area contributed by atoms with Gasteiger partial charge in [0.05, 0.1) is 54.6 Å². The Morgan fingerprint density at radius 3 is 2.14 bits per heavy atom. The van der Waals surface area contributed by atoms with E-state index in [1.165, 1.54) is 0 Å². The van der Waals surface area contributed by atoms with Gasteiger partial charge in [-0.15, -0.1) is 0 Å². The van der Waals surface area contributed by atoms with Gasteiger partial charge >= 0.3 is 11.7 Å². The second-order valence-corrected chi connectivity index (χ2v) is 8.59. The summed E-state index contributed by atoms with van der Waals surface area (Å²) in [6.45, 7) is 7.89. The van der Waals surface area contributed by atoms with Gasteiger partial charge in [-0.05, 0) is 37.6 Å². The molecule has 14 heteroatoms. The van der Waals surface area contributed by atoms with Crippen LogP contribution in [0.1, 0.15) is 34.6 Å². The molecule has 0 amide bonds. The lowest BCUT2D eigenvalue weighted by molar-refractivity contribution is -0.255. The van der Waals surface area contributed by atoms with E-state index in [2.05, 4.69) is 9.88 Å². The van der Waals surface area contributed by atoms with E-state index in [0.717, 1.165) is 24.8 Å². The van der Waals surface area contributed by atoms with Crippen LogP contribution in [-0.4, -0.2) is 69.5 Å². The molecule has 194 valence electrons. The summed E-state index contributed by atoms with van der Waals surface area (Å²) >= 11 is 0. The fourth-order valence-corrected chi connectivity index (χ4v) is 3.75. The number of benzene rings is 2. The number of aromatic carboxylic acids is 2. The first-order chi connectivity index (χ1) is 17.0. The van der Waals surface area contributed by atoms with Crippen molar-refractivity contribution in [2.45, 2.75) is 18.7 Å². The van der Waals surface area contributed by atoms with Gasteiger partial charge in [0.1, 0.15) is 0 Å². The van der Waals surface area contributed by atoms with Gasteiger partial charge < -0.3 is 34.1 Å². The summed E-state index contributed by atoms with van der Waals surface area (Å²) in [5.74, 6) is -2.01. The molecule has 1 heterocycles.